The highest BCUT2D eigenvalue weighted by molar-refractivity contribution is 5.69. The maximum absolute atomic E-state index is 11.4. The lowest BCUT2D eigenvalue weighted by Gasteiger charge is -2.17. The van der Waals surface area contributed by atoms with E-state index in [1.165, 1.54) is 32.1 Å². The summed E-state index contributed by atoms with van der Waals surface area (Å²) in [4.78, 5) is 11.4. The van der Waals surface area contributed by atoms with Crippen molar-refractivity contribution in [1.82, 2.24) is 0 Å². The van der Waals surface area contributed by atoms with Gasteiger partial charge in [0.2, 0.25) is 0 Å². The molecular formula is C18H36O4. The van der Waals surface area contributed by atoms with Gasteiger partial charge in [0.1, 0.15) is 12.7 Å². The summed E-state index contributed by atoms with van der Waals surface area (Å²) in [5, 5.41) is 17.7. The molecule has 0 aromatic carbocycles. The van der Waals surface area contributed by atoms with E-state index in [-0.39, 0.29) is 19.2 Å². The second kappa shape index (κ2) is 14.0. The molecule has 0 saturated heterocycles. The Kier molecular flexibility index (Phi) is 13.6. The van der Waals surface area contributed by atoms with Gasteiger partial charge in [-0.3, -0.25) is 4.79 Å². The summed E-state index contributed by atoms with van der Waals surface area (Å²) in [6.45, 7) is 6.40. The molecule has 0 fully saturated rings. The Morgan fingerprint density at radius 3 is 2.18 bits per heavy atom. The average Bonchev–Trinajstić information content (AvgIpc) is 2.49. The van der Waals surface area contributed by atoms with Gasteiger partial charge in [0.25, 0.3) is 0 Å². The smallest absolute Gasteiger partial charge is 0.305 e. The molecule has 0 spiro atoms. The van der Waals surface area contributed by atoms with Crippen molar-refractivity contribution in [2.24, 2.45) is 11.8 Å². The van der Waals surface area contributed by atoms with Crippen LogP contribution >= 0.6 is 0 Å². The molecule has 0 amide bonds. The first-order chi connectivity index (χ1) is 10.5. The predicted octanol–water partition coefficient (Wildman–Crippen LogP) is 3.69. The Morgan fingerprint density at radius 1 is 1.05 bits per heavy atom. The lowest BCUT2D eigenvalue weighted by molar-refractivity contribution is -0.147. The third-order valence-corrected chi connectivity index (χ3v) is 4.08. The van der Waals surface area contributed by atoms with Gasteiger partial charge in [-0.1, -0.05) is 59.3 Å². The number of unbranched alkanes of at least 4 members (excludes halogenated alkanes) is 3. The van der Waals surface area contributed by atoms with Crippen LogP contribution in [0.3, 0.4) is 0 Å². The highest BCUT2D eigenvalue weighted by Crippen LogP contribution is 2.22. The minimum atomic E-state index is -0.960. The topological polar surface area (TPSA) is 66.8 Å². The van der Waals surface area contributed by atoms with Gasteiger partial charge in [0.15, 0.2) is 0 Å². The van der Waals surface area contributed by atoms with Crippen LogP contribution in [0.25, 0.3) is 0 Å². The van der Waals surface area contributed by atoms with E-state index in [0.717, 1.165) is 25.2 Å². The van der Waals surface area contributed by atoms with Crippen molar-refractivity contribution in [2.45, 2.75) is 84.7 Å². The van der Waals surface area contributed by atoms with E-state index in [0.29, 0.717) is 12.3 Å². The van der Waals surface area contributed by atoms with Gasteiger partial charge in [0, 0.05) is 6.42 Å². The van der Waals surface area contributed by atoms with Crippen molar-refractivity contribution in [1.29, 1.82) is 0 Å². The zero-order valence-corrected chi connectivity index (χ0v) is 14.7. The Bertz CT molecular complexity index is 268. The van der Waals surface area contributed by atoms with Crippen LogP contribution < -0.4 is 0 Å². The van der Waals surface area contributed by atoms with Crippen LogP contribution in [0, 0.1) is 11.8 Å². The van der Waals surface area contributed by atoms with Gasteiger partial charge in [-0.25, -0.2) is 0 Å². The maximum Gasteiger partial charge on any atom is 0.305 e. The number of aliphatic hydroxyl groups is 2. The van der Waals surface area contributed by atoms with Gasteiger partial charge in [-0.05, 0) is 24.7 Å². The van der Waals surface area contributed by atoms with Crippen molar-refractivity contribution in [3.63, 3.8) is 0 Å². The molecule has 0 aliphatic heterocycles. The second-order valence-corrected chi connectivity index (χ2v) is 6.71. The highest BCUT2D eigenvalue weighted by Gasteiger charge is 2.10. The Balaban J connectivity index is 3.55. The van der Waals surface area contributed by atoms with Crippen molar-refractivity contribution >= 4 is 5.97 Å². The molecule has 0 heterocycles. The van der Waals surface area contributed by atoms with Crippen LogP contribution in [0.2, 0.25) is 0 Å². The zero-order chi connectivity index (χ0) is 16.8. The predicted molar refractivity (Wildman–Crippen MR) is 89.6 cm³/mol. The van der Waals surface area contributed by atoms with Gasteiger partial charge >= 0.3 is 5.97 Å². The fourth-order valence-corrected chi connectivity index (χ4v) is 2.74. The van der Waals surface area contributed by atoms with Crippen LogP contribution in [-0.2, 0) is 9.53 Å². The number of aliphatic hydroxyl groups excluding tert-OH is 2. The molecule has 4 nitrogen and oxygen atoms in total. The monoisotopic (exact) mass is 316 g/mol. The van der Waals surface area contributed by atoms with E-state index in [1.807, 2.05) is 0 Å². The summed E-state index contributed by atoms with van der Waals surface area (Å²) in [7, 11) is 0. The largest absolute Gasteiger partial charge is 0.463 e. The Morgan fingerprint density at radius 2 is 1.64 bits per heavy atom. The van der Waals surface area contributed by atoms with Crippen molar-refractivity contribution in [3.05, 3.63) is 0 Å². The maximum atomic E-state index is 11.4. The summed E-state index contributed by atoms with van der Waals surface area (Å²) in [6.07, 6.45) is 9.05. The molecule has 0 radical (unpaired) electrons. The minimum absolute atomic E-state index is 0.110. The van der Waals surface area contributed by atoms with E-state index >= 15 is 0 Å². The van der Waals surface area contributed by atoms with Crippen LogP contribution in [0.4, 0.5) is 0 Å². The third-order valence-electron chi connectivity index (χ3n) is 4.08. The third kappa shape index (κ3) is 13.1. The molecule has 2 N–H and O–H groups in total. The molecule has 22 heavy (non-hydrogen) atoms. The molecule has 0 saturated carbocycles. The molecular weight excluding hydrogens is 280 g/mol. The van der Waals surface area contributed by atoms with Crippen LogP contribution in [0.1, 0.15) is 78.6 Å². The summed E-state index contributed by atoms with van der Waals surface area (Å²) in [5.41, 5.74) is 0. The summed E-state index contributed by atoms with van der Waals surface area (Å²) < 4.78 is 4.87. The highest BCUT2D eigenvalue weighted by atomic mass is 16.5. The quantitative estimate of drug-likeness (QED) is 0.379. The number of esters is 1. The first-order valence-corrected chi connectivity index (χ1v) is 8.94. The number of carbonyl (C=O) groups excluding carboxylic acids is 1. The molecule has 0 bridgehead atoms. The van der Waals surface area contributed by atoms with Crippen LogP contribution in [0.15, 0.2) is 0 Å². The average molecular weight is 316 g/mol. The standard InChI is InChI=1S/C18H36O4/c1-4-5-6-9-15(2)12-16(3)10-7-8-11-18(21)22-14-17(20)13-19/h15-17,19-20H,4-14H2,1-3H3/t15?,16-,17+/m1/s1. The molecule has 0 aromatic heterocycles. The molecule has 0 aliphatic rings. The van der Waals surface area contributed by atoms with Gasteiger partial charge in [-0.15, -0.1) is 0 Å². The minimum Gasteiger partial charge on any atom is -0.463 e. The summed E-state index contributed by atoms with van der Waals surface area (Å²) >= 11 is 0. The first kappa shape index (κ1) is 21.4. The summed E-state index contributed by atoms with van der Waals surface area (Å²) in [6, 6.07) is 0. The molecule has 4 heteroatoms. The van der Waals surface area contributed by atoms with E-state index in [9.17, 15) is 4.79 Å². The Labute approximate surface area is 136 Å². The fourth-order valence-electron chi connectivity index (χ4n) is 2.74. The number of carbonyl (C=O) groups is 1. The second-order valence-electron chi connectivity index (χ2n) is 6.71. The SMILES string of the molecule is CCCCCC(C)C[C@H](C)CCCCC(=O)OC[C@@H](O)CO. The number of hydrogen-bond donors (Lipinski definition) is 2. The summed E-state index contributed by atoms with van der Waals surface area (Å²) in [5.74, 6) is 1.23. The molecule has 0 aliphatic carbocycles. The van der Waals surface area contributed by atoms with Crippen molar-refractivity contribution in [3.8, 4) is 0 Å². The molecule has 3 atom stereocenters. The van der Waals surface area contributed by atoms with Gasteiger partial charge < -0.3 is 14.9 Å². The lowest BCUT2D eigenvalue weighted by atomic mass is 9.89. The van der Waals surface area contributed by atoms with Crippen molar-refractivity contribution in [2.75, 3.05) is 13.2 Å². The number of rotatable bonds is 14. The fraction of sp³-hybridized carbons (Fsp3) is 0.944. The van der Waals surface area contributed by atoms with Crippen molar-refractivity contribution < 1.29 is 19.7 Å². The lowest BCUT2D eigenvalue weighted by Crippen LogP contribution is -2.21. The van der Waals surface area contributed by atoms with E-state index in [4.69, 9.17) is 14.9 Å². The molecule has 0 rings (SSSR count). The van der Waals surface area contributed by atoms with Crippen LogP contribution in [-0.4, -0.2) is 35.5 Å². The van der Waals surface area contributed by atoms with E-state index < -0.39 is 6.10 Å². The molecule has 0 aromatic rings. The number of ether oxygens (including phenoxy) is 1. The first-order valence-electron chi connectivity index (χ1n) is 8.94. The zero-order valence-electron chi connectivity index (χ0n) is 14.7. The van der Waals surface area contributed by atoms with Gasteiger partial charge in [0.05, 0.1) is 6.61 Å². The normalized spacial score (nSPS) is 15.3. The van der Waals surface area contributed by atoms with Gasteiger partial charge in [-0.2, -0.15) is 0 Å². The molecule has 1 unspecified atom stereocenters. The Hall–Kier alpha value is -0.610. The van der Waals surface area contributed by atoms with E-state index in [2.05, 4.69) is 20.8 Å². The van der Waals surface area contributed by atoms with E-state index in [1.54, 1.807) is 0 Å². The number of hydrogen-bond acceptors (Lipinski definition) is 4. The van der Waals surface area contributed by atoms with Crippen LogP contribution in [0.5, 0.6) is 0 Å². The molecule has 132 valence electrons.